The fourth-order valence-electron chi connectivity index (χ4n) is 1.53. The Hall–Kier alpha value is -2.35. The van der Waals surface area contributed by atoms with Crippen LogP contribution in [0.2, 0.25) is 0 Å². The van der Waals surface area contributed by atoms with Crippen molar-refractivity contribution in [2.45, 2.75) is 6.92 Å². The molecule has 2 heterocycles. The molecule has 0 saturated carbocycles. The van der Waals surface area contributed by atoms with Crippen molar-refractivity contribution in [2.24, 2.45) is 0 Å². The lowest BCUT2D eigenvalue weighted by atomic mass is 10.2. The number of nitrogens with zero attached hydrogens (tertiary/aromatic N) is 1. The topological polar surface area (TPSA) is 79.3 Å². The predicted molar refractivity (Wildman–Crippen MR) is 68.1 cm³/mol. The second-order valence-electron chi connectivity index (χ2n) is 3.82. The van der Waals surface area contributed by atoms with Gasteiger partial charge >= 0.3 is 5.97 Å². The number of hydrogen-bond donors (Lipinski definition) is 2. The zero-order valence-corrected chi connectivity index (χ0v) is 10.9. The highest BCUT2D eigenvalue weighted by Gasteiger charge is 2.20. The second-order valence-corrected chi connectivity index (χ2v) is 5.08. The van der Waals surface area contributed by atoms with Crippen LogP contribution in [0.1, 0.15) is 25.6 Å². The minimum absolute atomic E-state index is 0.0663. The highest BCUT2D eigenvalue weighted by molar-refractivity contribution is 7.16. The Labute approximate surface area is 115 Å². The van der Waals surface area contributed by atoms with Gasteiger partial charge in [-0.05, 0) is 19.1 Å². The number of aromatic carboxylic acids is 1. The van der Waals surface area contributed by atoms with Gasteiger partial charge in [0.25, 0.3) is 5.91 Å². The molecule has 0 bridgehead atoms. The number of nitrogens with one attached hydrogen (secondary N) is 1. The fourth-order valence-corrected chi connectivity index (χ4v) is 2.43. The van der Waals surface area contributed by atoms with Crippen molar-refractivity contribution >= 4 is 28.2 Å². The van der Waals surface area contributed by atoms with E-state index in [9.17, 15) is 18.4 Å². The number of halogens is 2. The standard InChI is InChI=1S/C12H8F2N2O3S/c1-5-4-7(12(18)19)11(20-5)16-10(17)6-2-3-15-9(14)8(6)13/h2-4H,1H3,(H,16,17)(H,18,19). The maximum absolute atomic E-state index is 13.4. The largest absolute Gasteiger partial charge is 0.478 e. The summed E-state index contributed by atoms with van der Waals surface area (Å²) in [6, 6.07) is 2.39. The summed E-state index contributed by atoms with van der Waals surface area (Å²) in [5.41, 5.74) is -0.643. The van der Waals surface area contributed by atoms with Crippen LogP contribution in [0.5, 0.6) is 0 Å². The highest BCUT2D eigenvalue weighted by atomic mass is 32.1. The van der Waals surface area contributed by atoms with Crippen molar-refractivity contribution in [3.8, 4) is 0 Å². The van der Waals surface area contributed by atoms with E-state index >= 15 is 0 Å². The van der Waals surface area contributed by atoms with E-state index in [0.717, 1.165) is 23.6 Å². The number of pyridine rings is 1. The molecule has 2 aromatic rings. The summed E-state index contributed by atoms with van der Waals surface area (Å²) in [4.78, 5) is 26.6. The van der Waals surface area contributed by atoms with Gasteiger partial charge in [0, 0.05) is 11.1 Å². The van der Waals surface area contributed by atoms with Crippen LogP contribution in [0.15, 0.2) is 18.3 Å². The second kappa shape index (κ2) is 5.33. The van der Waals surface area contributed by atoms with E-state index in [1.807, 2.05) is 0 Å². The SMILES string of the molecule is Cc1cc(C(=O)O)c(NC(=O)c2ccnc(F)c2F)s1. The van der Waals surface area contributed by atoms with Crippen LogP contribution in [-0.4, -0.2) is 22.0 Å². The van der Waals surface area contributed by atoms with Crippen LogP contribution in [0.3, 0.4) is 0 Å². The fraction of sp³-hybridized carbons (Fsp3) is 0.0833. The molecular formula is C12H8F2N2O3S. The molecule has 0 saturated heterocycles. The maximum Gasteiger partial charge on any atom is 0.338 e. The van der Waals surface area contributed by atoms with Crippen LogP contribution < -0.4 is 5.32 Å². The summed E-state index contributed by atoms with van der Waals surface area (Å²) in [6.07, 6.45) is 0.950. The van der Waals surface area contributed by atoms with Crippen molar-refractivity contribution in [1.29, 1.82) is 0 Å². The smallest absolute Gasteiger partial charge is 0.338 e. The van der Waals surface area contributed by atoms with Gasteiger partial charge in [-0.1, -0.05) is 0 Å². The molecule has 20 heavy (non-hydrogen) atoms. The Bertz CT molecular complexity index is 700. The summed E-state index contributed by atoms with van der Waals surface area (Å²) in [7, 11) is 0. The van der Waals surface area contributed by atoms with Crippen LogP contribution in [0.4, 0.5) is 13.8 Å². The molecule has 5 nitrogen and oxygen atoms in total. The van der Waals surface area contributed by atoms with E-state index in [4.69, 9.17) is 5.11 Å². The van der Waals surface area contributed by atoms with Gasteiger partial charge in [-0.25, -0.2) is 14.2 Å². The normalized spacial score (nSPS) is 10.3. The van der Waals surface area contributed by atoms with E-state index in [-0.39, 0.29) is 10.6 Å². The zero-order valence-electron chi connectivity index (χ0n) is 10.1. The zero-order chi connectivity index (χ0) is 14.9. The summed E-state index contributed by atoms with van der Waals surface area (Å²) in [5.74, 6) is -4.92. The quantitative estimate of drug-likeness (QED) is 0.854. The van der Waals surface area contributed by atoms with E-state index in [1.165, 1.54) is 6.07 Å². The van der Waals surface area contributed by atoms with Crippen LogP contribution in [-0.2, 0) is 0 Å². The van der Waals surface area contributed by atoms with Gasteiger partial charge in [0.1, 0.15) is 5.00 Å². The van der Waals surface area contributed by atoms with Crippen molar-refractivity contribution in [3.63, 3.8) is 0 Å². The summed E-state index contributed by atoms with van der Waals surface area (Å²) in [5, 5.41) is 11.3. The van der Waals surface area contributed by atoms with Crippen LogP contribution in [0.25, 0.3) is 0 Å². The Morgan fingerprint density at radius 1 is 1.35 bits per heavy atom. The Morgan fingerprint density at radius 2 is 2.05 bits per heavy atom. The molecule has 8 heteroatoms. The molecule has 0 fully saturated rings. The molecule has 0 aliphatic carbocycles. The van der Waals surface area contributed by atoms with Gasteiger partial charge < -0.3 is 10.4 Å². The average Bonchev–Trinajstić information content (AvgIpc) is 2.73. The minimum atomic E-state index is -1.39. The molecule has 2 rings (SSSR count). The number of aryl methyl sites for hydroxylation is 1. The number of thiophene rings is 1. The lowest BCUT2D eigenvalue weighted by Crippen LogP contribution is -2.16. The Kier molecular flexibility index (Phi) is 3.75. The molecule has 0 aromatic carbocycles. The minimum Gasteiger partial charge on any atom is -0.478 e. The van der Waals surface area contributed by atoms with Crippen molar-refractivity contribution < 1.29 is 23.5 Å². The molecule has 0 atom stereocenters. The molecule has 104 valence electrons. The van der Waals surface area contributed by atoms with Gasteiger partial charge in [-0.15, -0.1) is 11.3 Å². The first-order valence-corrected chi connectivity index (χ1v) is 6.17. The van der Waals surface area contributed by atoms with E-state index < -0.39 is 29.2 Å². The Morgan fingerprint density at radius 3 is 2.70 bits per heavy atom. The van der Waals surface area contributed by atoms with Gasteiger partial charge in [0.15, 0.2) is 5.82 Å². The predicted octanol–water partition coefficient (Wildman–Crippen LogP) is 2.68. The lowest BCUT2D eigenvalue weighted by Gasteiger charge is -2.05. The Balaban J connectivity index is 2.33. The summed E-state index contributed by atoms with van der Waals surface area (Å²) < 4.78 is 26.3. The van der Waals surface area contributed by atoms with Crippen molar-refractivity contribution in [2.75, 3.05) is 5.32 Å². The molecule has 0 aliphatic heterocycles. The van der Waals surface area contributed by atoms with Crippen LogP contribution in [0, 0.1) is 18.7 Å². The number of aromatic nitrogens is 1. The average molecular weight is 298 g/mol. The first kappa shape index (κ1) is 14.1. The van der Waals surface area contributed by atoms with E-state index in [2.05, 4.69) is 10.3 Å². The maximum atomic E-state index is 13.4. The number of hydrogen-bond acceptors (Lipinski definition) is 4. The number of carboxylic acid groups (broad SMARTS) is 1. The van der Waals surface area contributed by atoms with Gasteiger partial charge in [0.05, 0.1) is 11.1 Å². The number of carbonyl (C=O) groups is 2. The van der Waals surface area contributed by atoms with E-state index in [0.29, 0.717) is 4.88 Å². The third-order valence-electron chi connectivity index (χ3n) is 2.40. The van der Waals surface area contributed by atoms with E-state index in [1.54, 1.807) is 6.92 Å². The summed E-state index contributed by atoms with van der Waals surface area (Å²) >= 11 is 1.03. The van der Waals surface area contributed by atoms with Crippen molar-refractivity contribution in [3.05, 3.63) is 46.1 Å². The third-order valence-corrected chi connectivity index (χ3v) is 3.37. The number of carboxylic acids is 1. The van der Waals surface area contributed by atoms with Crippen molar-refractivity contribution in [1.82, 2.24) is 4.98 Å². The molecule has 2 aromatic heterocycles. The molecule has 2 N–H and O–H groups in total. The lowest BCUT2D eigenvalue weighted by molar-refractivity contribution is 0.0698. The summed E-state index contributed by atoms with van der Waals surface area (Å²) in [6.45, 7) is 1.67. The van der Waals surface area contributed by atoms with Gasteiger partial charge in [0.2, 0.25) is 5.95 Å². The first-order chi connectivity index (χ1) is 9.40. The number of anilines is 1. The molecule has 0 unspecified atom stereocenters. The number of rotatable bonds is 3. The monoisotopic (exact) mass is 298 g/mol. The number of amides is 1. The third kappa shape index (κ3) is 2.64. The van der Waals surface area contributed by atoms with Gasteiger partial charge in [-0.3, -0.25) is 4.79 Å². The van der Waals surface area contributed by atoms with Gasteiger partial charge in [-0.2, -0.15) is 4.39 Å². The highest BCUT2D eigenvalue weighted by Crippen LogP contribution is 2.28. The number of carbonyl (C=O) groups excluding carboxylic acids is 1. The van der Waals surface area contributed by atoms with Crippen LogP contribution >= 0.6 is 11.3 Å². The molecule has 0 spiro atoms. The molecule has 0 radical (unpaired) electrons. The molecule has 0 aliphatic rings. The first-order valence-electron chi connectivity index (χ1n) is 5.35. The molecule has 1 amide bonds. The molecular weight excluding hydrogens is 290 g/mol.